The molecule has 0 spiro atoms. The van der Waals surface area contributed by atoms with E-state index in [4.69, 9.17) is 0 Å². The number of pyridine rings is 1. The van der Waals surface area contributed by atoms with Crippen LogP contribution in [0.4, 0.5) is 0 Å². The number of carbonyl (C=O) groups is 1. The van der Waals surface area contributed by atoms with Crippen molar-refractivity contribution in [1.29, 1.82) is 0 Å². The summed E-state index contributed by atoms with van der Waals surface area (Å²) in [5.41, 5.74) is 1.90. The van der Waals surface area contributed by atoms with Crippen molar-refractivity contribution in [1.82, 2.24) is 19.7 Å². The number of para-hydroxylation sites is 1. The number of hydrogen-bond acceptors (Lipinski definition) is 4. The lowest BCUT2D eigenvalue weighted by atomic mass is 10.2. The summed E-state index contributed by atoms with van der Waals surface area (Å²) >= 11 is 0. The van der Waals surface area contributed by atoms with Gasteiger partial charge in [-0.1, -0.05) is 24.3 Å². The van der Waals surface area contributed by atoms with Gasteiger partial charge < -0.3 is 9.80 Å². The molecule has 2 heterocycles. The highest BCUT2D eigenvalue weighted by atomic mass is 16.2. The van der Waals surface area contributed by atoms with Crippen molar-refractivity contribution in [3.05, 3.63) is 42.1 Å². The molecule has 0 aliphatic carbocycles. The van der Waals surface area contributed by atoms with E-state index in [1.165, 1.54) is 0 Å². The fraction of sp³-hybridized carbons (Fsp3) is 0.474. The summed E-state index contributed by atoms with van der Waals surface area (Å²) in [6.07, 6.45) is 1.14. The predicted molar refractivity (Wildman–Crippen MR) is 96.7 cm³/mol. The molecular weight excluding hydrogens is 300 g/mol. The number of amides is 1. The van der Waals surface area contributed by atoms with Crippen molar-refractivity contribution >= 4 is 16.8 Å². The molecular formula is C19H26N4O. The molecule has 1 aromatic carbocycles. The van der Waals surface area contributed by atoms with Gasteiger partial charge >= 0.3 is 0 Å². The molecule has 5 nitrogen and oxygen atoms in total. The largest absolute Gasteiger partial charge is 0.339 e. The molecule has 0 radical (unpaired) electrons. The topological polar surface area (TPSA) is 39.7 Å². The summed E-state index contributed by atoms with van der Waals surface area (Å²) in [6, 6.07) is 12.7. The van der Waals surface area contributed by atoms with E-state index in [0.29, 0.717) is 19.1 Å². The van der Waals surface area contributed by atoms with Crippen LogP contribution in [0.3, 0.4) is 0 Å². The SMILES string of the molecule is CN(Cc1ccc2ccccc2n1)C(=O)CN1CC[C@H](N(C)C)C1. The molecule has 1 aliphatic heterocycles. The quantitative estimate of drug-likeness (QED) is 0.840. The zero-order valence-corrected chi connectivity index (χ0v) is 14.8. The monoisotopic (exact) mass is 326 g/mol. The van der Waals surface area contributed by atoms with Crippen molar-refractivity contribution in [2.75, 3.05) is 40.8 Å². The van der Waals surface area contributed by atoms with Crippen LogP contribution < -0.4 is 0 Å². The van der Waals surface area contributed by atoms with E-state index in [1.54, 1.807) is 4.90 Å². The van der Waals surface area contributed by atoms with E-state index in [1.807, 2.05) is 31.3 Å². The van der Waals surface area contributed by atoms with Crippen molar-refractivity contribution in [2.45, 2.75) is 19.0 Å². The van der Waals surface area contributed by atoms with Gasteiger partial charge in [-0.05, 0) is 32.6 Å². The maximum absolute atomic E-state index is 12.5. The van der Waals surface area contributed by atoms with Gasteiger partial charge in [0, 0.05) is 31.6 Å². The minimum atomic E-state index is 0.157. The number of hydrogen-bond donors (Lipinski definition) is 0. The number of aromatic nitrogens is 1. The number of benzene rings is 1. The molecule has 1 amide bonds. The minimum absolute atomic E-state index is 0.157. The Bertz CT molecular complexity index is 715. The summed E-state index contributed by atoms with van der Waals surface area (Å²) in [5.74, 6) is 0.157. The Morgan fingerprint density at radius 3 is 2.75 bits per heavy atom. The molecule has 1 saturated heterocycles. The molecule has 1 atom stereocenters. The van der Waals surface area contributed by atoms with Gasteiger partial charge in [-0.15, -0.1) is 0 Å². The van der Waals surface area contributed by atoms with Crippen LogP contribution in [0.2, 0.25) is 0 Å². The predicted octanol–water partition coefficient (Wildman–Crippen LogP) is 1.83. The van der Waals surface area contributed by atoms with Crippen LogP contribution >= 0.6 is 0 Å². The molecule has 1 fully saturated rings. The smallest absolute Gasteiger partial charge is 0.236 e. The van der Waals surface area contributed by atoms with E-state index >= 15 is 0 Å². The van der Waals surface area contributed by atoms with Crippen LogP contribution in [-0.4, -0.2) is 72.4 Å². The molecule has 1 aromatic heterocycles. The lowest BCUT2D eigenvalue weighted by molar-refractivity contribution is -0.131. The Labute approximate surface area is 143 Å². The number of rotatable bonds is 5. The average Bonchev–Trinajstić information content (AvgIpc) is 3.03. The number of likely N-dealkylation sites (N-methyl/N-ethyl adjacent to an activating group) is 2. The molecule has 0 bridgehead atoms. The van der Waals surface area contributed by atoms with E-state index < -0.39 is 0 Å². The first kappa shape index (κ1) is 16.9. The van der Waals surface area contributed by atoms with E-state index in [9.17, 15) is 4.79 Å². The van der Waals surface area contributed by atoms with Crippen LogP contribution in [0.25, 0.3) is 10.9 Å². The van der Waals surface area contributed by atoms with Gasteiger partial charge in [0.25, 0.3) is 0 Å². The maximum Gasteiger partial charge on any atom is 0.236 e. The second kappa shape index (κ2) is 7.28. The lowest BCUT2D eigenvalue weighted by Crippen LogP contribution is -2.39. The third-order valence-corrected chi connectivity index (χ3v) is 4.82. The van der Waals surface area contributed by atoms with Crippen molar-refractivity contribution in [2.24, 2.45) is 0 Å². The van der Waals surface area contributed by atoms with Gasteiger partial charge in [0.05, 0.1) is 24.3 Å². The Hall–Kier alpha value is -1.98. The third kappa shape index (κ3) is 3.91. The molecule has 24 heavy (non-hydrogen) atoms. The second-order valence-corrected chi connectivity index (χ2v) is 6.89. The average molecular weight is 326 g/mol. The summed E-state index contributed by atoms with van der Waals surface area (Å²) in [4.78, 5) is 23.4. The van der Waals surface area contributed by atoms with Gasteiger partial charge in [-0.2, -0.15) is 0 Å². The maximum atomic E-state index is 12.5. The Kier molecular flexibility index (Phi) is 5.11. The summed E-state index contributed by atoms with van der Waals surface area (Å²) < 4.78 is 0. The van der Waals surface area contributed by atoms with Crippen molar-refractivity contribution in [3.8, 4) is 0 Å². The highest BCUT2D eigenvalue weighted by molar-refractivity contribution is 5.79. The Balaban J connectivity index is 1.57. The fourth-order valence-electron chi connectivity index (χ4n) is 3.22. The van der Waals surface area contributed by atoms with Gasteiger partial charge in [0.2, 0.25) is 5.91 Å². The van der Waals surface area contributed by atoms with Crippen LogP contribution in [0.1, 0.15) is 12.1 Å². The first-order chi connectivity index (χ1) is 11.5. The van der Waals surface area contributed by atoms with E-state index in [-0.39, 0.29) is 5.91 Å². The number of likely N-dealkylation sites (tertiary alicyclic amines) is 1. The van der Waals surface area contributed by atoms with Crippen molar-refractivity contribution < 1.29 is 4.79 Å². The van der Waals surface area contributed by atoms with E-state index in [0.717, 1.165) is 36.1 Å². The van der Waals surface area contributed by atoms with E-state index in [2.05, 4.69) is 41.0 Å². The molecule has 1 aliphatic rings. The zero-order valence-electron chi connectivity index (χ0n) is 14.8. The summed E-state index contributed by atoms with van der Waals surface area (Å²) in [6.45, 7) is 3.01. The van der Waals surface area contributed by atoms with Gasteiger partial charge in [-0.3, -0.25) is 14.7 Å². The molecule has 3 rings (SSSR count). The zero-order chi connectivity index (χ0) is 17.1. The number of nitrogens with zero attached hydrogens (tertiary/aromatic N) is 4. The van der Waals surface area contributed by atoms with Crippen LogP contribution in [0.15, 0.2) is 36.4 Å². The molecule has 0 unspecified atom stereocenters. The lowest BCUT2D eigenvalue weighted by Gasteiger charge is -2.23. The van der Waals surface area contributed by atoms with Crippen molar-refractivity contribution in [3.63, 3.8) is 0 Å². The van der Waals surface area contributed by atoms with Gasteiger partial charge in [0.15, 0.2) is 0 Å². The number of carbonyl (C=O) groups excluding carboxylic acids is 1. The van der Waals surface area contributed by atoms with Crippen LogP contribution in [0, 0.1) is 0 Å². The molecule has 5 heteroatoms. The Morgan fingerprint density at radius 1 is 1.21 bits per heavy atom. The minimum Gasteiger partial charge on any atom is -0.339 e. The fourth-order valence-corrected chi connectivity index (χ4v) is 3.22. The molecule has 2 aromatic rings. The molecule has 128 valence electrons. The molecule has 0 saturated carbocycles. The number of fused-ring (bicyclic) bond motifs is 1. The standard InChI is InChI=1S/C19H26N4O/c1-21(2)17-10-11-23(13-17)14-19(24)22(3)12-16-9-8-15-6-4-5-7-18(15)20-16/h4-9,17H,10-14H2,1-3H3/t17-/m0/s1. The van der Waals surface area contributed by atoms with Gasteiger partial charge in [-0.25, -0.2) is 0 Å². The first-order valence-electron chi connectivity index (χ1n) is 8.50. The van der Waals surface area contributed by atoms with Gasteiger partial charge in [0.1, 0.15) is 0 Å². The van der Waals surface area contributed by atoms with Crippen LogP contribution in [0.5, 0.6) is 0 Å². The highest BCUT2D eigenvalue weighted by Crippen LogP contribution is 2.15. The Morgan fingerprint density at radius 2 is 2.00 bits per heavy atom. The second-order valence-electron chi connectivity index (χ2n) is 6.89. The summed E-state index contributed by atoms with van der Waals surface area (Å²) in [7, 11) is 6.07. The van der Waals surface area contributed by atoms with Crippen LogP contribution in [-0.2, 0) is 11.3 Å². The third-order valence-electron chi connectivity index (χ3n) is 4.82. The normalized spacial score (nSPS) is 18.4. The summed E-state index contributed by atoms with van der Waals surface area (Å²) in [5, 5.41) is 1.13. The molecule has 0 N–H and O–H groups in total. The highest BCUT2D eigenvalue weighted by Gasteiger charge is 2.26. The first-order valence-corrected chi connectivity index (χ1v) is 8.50.